The van der Waals surface area contributed by atoms with Crippen LogP contribution in [0.3, 0.4) is 0 Å². The van der Waals surface area contributed by atoms with E-state index in [9.17, 15) is 9.59 Å². The Balaban J connectivity index is 1.36. The van der Waals surface area contributed by atoms with Gasteiger partial charge in [-0.1, -0.05) is 0 Å². The fourth-order valence-electron chi connectivity index (χ4n) is 4.25. The number of anilines is 6. The molecule has 0 spiro atoms. The van der Waals surface area contributed by atoms with E-state index in [-0.39, 0.29) is 5.78 Å². The maximum atomic E-state index is 12.3. The van der Waals surface area contributed by atoms with E-state index in [4.69, 9.17) is 9.47 Å². The van der Waals surface area contributed by atoms with Crippen LogP contribution < -0.4 is 25.2 Å². The van der Waals surface area contributed by atoms with E-state index in [0.717, 1.165) is 55.3 Å². The second-order valence-electron chi connectivity index (χ2n) is 8.61. The SMILES string of the molecule is CC(=O)c1cnc(Nc2ccc(N3CCOCC3)cc2)nc1Nc1ccc2c(c1)N(C=CC=O)CCO2. The van der Waals surface area contributed by atoms with Gasteiger partial charge in [0.1, 0.15) is 24.5 Å². The molecule has 3 aromatic rings. The van der Waals surface area contributed by atoms with Gasteiger partial charge in [-0.3, -0.25) is 9.59 Å². The average Bonchev–Trinajstić information content (AvgIpc) is 2.93. The molecule has 2 N–H and O–H groups in total. The van der Waals surface area contributed by atoms with Gasteiger partial charge in [0.15, 0.2) is 5.78 Å². The summed E-state index contributed by atoms with van der Waals surface area (Å²) in [7, 11) is 0. The number of aldehydes is 1. The minimum atomic E-state index is -0.152. The maximum Gasteiger partial charge on any atom is 0.229 e. The summed E-state index contributed by atoms with van der Waals surface area (Å²) >= 11 is 0. The zero-order chi connectivity index (χ0) is 25.6. The molecule has 1 fully saturated rings. The van der Waals surface area contributed by atoms with Gasteiger partial charge in [-0.2, -0.15) is 4.98 Å². The normalized spacial score (nSPS) is 15.2. The van der Waals surface area contributed by atoms with E-state index >= 15 is 0 Å². The Morgan fingerprint density at radius 1 is 1.00 bits per heavy atom. The third-order valence-corrected chi connectivity index (χ3v) is 6.13. The third kappa shape index (κ3) is 5.70. The van der Waals surface area contributed by atoms with Crippen LogP contribution in [-0.2, 0) is 9.53 Å². The van der Waals surface area contributed by atoms with E-state index in [2.05, 4.69) is 37.6 Å². The van der Waals surface area contributed by atoms with Crippen molar-refractivity contribution in [3.8, 4) is 5.75 Å². The number of aromatic nitrogens is 2. The first-order valence-electron chi connectivity index (χ1n) is 12.1. The molecule has 3 heterocycles. The standard InChI is InChI=1S/C27H28N6O4/c1-19(35)23-18-28-27(30-20-3-6-22(7-4-20)32-10-14-36-15-11-32)31-26(23)29-21-5-8-25-24(17-21)33(9-2-13-34)12-16-37-25/h2-9,13,17-18H,10-12,14-16H2,1H3,(H2,28,29,30,31). The summed E-state index contributed by atoms with van der Waals surface area (Å²) in [6.45, 7) is 5.83. The number of morpholine rings is 1. The van der Waals surface area contributed by atoms with Gasteiger partial charge in [0.2, 0.25) is 5.95 Å². The number of allylic oxidation sites excluding steroid dienone is 1. The highest BCUT2D eigenvalue weighted by molar-refractivity contribution is 5.99. The number of nitrogens with one attached hydrogen (secondary N) is 2. The van der Waals surface area contributed by atoms with Crippen LogP contribution in [0, 0.1) is 0 Å². The number of rotatable bonds is 8. The molecule has 2 aromatic carbocycles. The topological polar surface area (TPSA) is 109 Å². The van der Waals surface area contributed by atoms with Crippen LogP contribution in [-0.4, -0.2) is 61.5 Å². The van der Waals surface area contributed by atoms with Crippen molar-refractivity contribution in [3.05, 3.63) is 66.5 Å². The van der Waals surface area contributed by atoms with Crippen molar-refractivity contribution in [1.82, 2.24) is 9.97 Å². The van der Waals surface area contributed by atoms with Crippen LogP contribution in [0.15, 0.2) is 60.9 Å². The summed E-state index contributed by atoms with van der Waals surface area (Å²) in [6.07, 6.45) is 5.42. The zero-order valence-electron chi connectivity index (χ0n) is 20.5. The number of ether oxygens (including phenoxy) is 2. The van der Waals surface area contributed by atoms with Crippen molar-refractivity contribution in [2.24, 2.45) is 0 Å². The molecule has 0 saturated carbocycles. The minimum Gasteiger partial charge on any atom is -0.490 e. The smallest absolute Gasteiger partial charge is 0.229 e. The van der Waals surface area contributed by atoms with E-state index in [0.29, 0.717) is 36.2 Å². The van der Waals surface area contributed by atoms with Gasteiger partial charge in [0, 0.05) is 42.5 Å². The molecule has 0 radical (unpaired) electrons. The minimum absolute atomic E-state index is 0.152. The molecule has 2 aliphatic rings. The molecule has 2 aliphatic heterocycles. The molecule has 0 unspecified atom stereocenters. The molecule has 10 nitrogen and oxygen atoms in total. The van der Waals surface area contributed by atoms with Crippen molar-refractivity contribution in [1.29, 1.82) is 0 Å². The lowest BCUT2D eigenvalue weighted by Crippen LogP contribution is -2.36. The lowest BCUT2D eigenvalue weighted by molar-refractivity contribution is -0.104. The quantitative estimate of drug-likeness (QED) is 0.268. The van der Waals surface area contributed by atoms with E-state index in [1.807, 2.05) is 35.2 Å². The number of fused-ring (bicyclic) bond motifs is 1. The van der Waals surface area contributed by atoms with E-state index in [1.54, 1.807) is 6.20 Å². The first kappa shape index (κ1) is 24.3. The van der Waals surface area contributed by atoms with E-state index < -0.39 is 0 Å². The third-order valence-electron chi connectivity index (χ3n) is 6.13. The molecule has 0 bridgehead atoms. The number of nitrogens with zero attached hydrogens (tertiary/aromatic N) is 4. The number of carbonyl (C=O) groups excluding carboxylic acids is 2. The van der Waals surface area contributed by atoms with Crippen molar-refractivity contribution in [3.63, 3.8) is 0 Å². The van der Waals surface area contributed by atoms with Gasteiger partial charge in [-0.15, -0.1) is 0 Å². The number of benzene rings is 2. The molecular formula is C27H28N6O4. The van der Waals surface area contributed by atoms with Gasteiger partial charge < -0.3 is 29.9 Å². The van der Waals surface area contributed by atoms with Crippen LogP contribution in [0.4, 0.5) is 34.5 Å². The Bertz CT molecular complexity index is 1300. The molecule has 5 rings (SSSR count). The summed E-state index contributed by atoms with van der Waals surface area (Å²) in [6, 6.07) is 13.7. The second-order valence-corrected chi connectivity index (χ2v) is 8.61. The number of hydrogen-bond acceptors (Lipinski definition) is 10. The van der Waals surface area contributed by atoms with E-state index in [1.165, 1.54) is 19.2 Å². The Kier molecular flexibility index (Phi) is 7.27. The van der Waals surface area contributed by atoms with Crippen molar-refractivity contribution in [2.75, 3.05) is 59.9 Å². The molecule has 0 aliphatic carbocycles. The molecule has 1 saturated heterocycles. The highest BCUT2D eigenvalue weighted by Crippen LogP contribution is 2.35. The Hall–Kier alpha value is -4.44. The molecule has 10 heteroatoms. The maximum absolute atomic E-state index is 12.3. The predicted molar refractivity (Wildman–Crippen MR) is 143 cm³/mol. The molecule has 37 heavy (non-hydrogen) atoms. The highest BCUT2D eigenvalue weighted by atomic mass is 16.5. The summed E-state index contributed by atoms with van der Waals surface area (Å²) in [5.41, 5.74) is 3.88. The number of hydrogen-bond donors (Lipinski definition) is 2. The second kappa shape index (κ2) is 11.1. The van der Waals surface area contributed by atoms with Crippen molar-refractivity contribution in [2.45, 2.75) is 6.92 Å². The lowest BCUT2D eigenvalue weighted by Gasteiger charge is -2.29. The lowest BCUT2D eigenvalue weighted by atomic mass is 10.2. The number of ketones is 1. The summed E-state index contributed by atoms with van der Waals surface area (Å²) < 4.78 is 11.2. The summed E-state index contributed by atoms with van der Waals surface area (Å²) in [5, 5.41) is 6.47. The number of Topliss-reactive ketones (excluding diaryl/α,β-unsaturated/α-hetero) is 1. The Labute approximate surface area is 214 Å². The first-order valence-corrected chi connectivity index (χ1v) is 12.1. The summed E-state index contributed by atoms with van der Waals surface area (Å²) in [4.78, 5) is 36.3. The zero-order valence-corrected chi connectivity index (χ0v) is 20.5. The monoisotopic (exact) mass is 500 g/mol. The van der Waals surface area contributed by atoms with Gasteiger partial charge in [0.25, 0.3) is 0 Å². The molecule has 0 amide bonds. The predicted octanol–water partition coefficient (Wildman–Crippen LogP) is 3.91. The van der Waals surface area contributed by atoms with Gasteiger partial charge in [0.05, 0.1) is 31.0 Å². The van der Waals surface area contributed by atoms with Crippen molar-refractivity contribution < 1.29 is 19.1 Å². The van der Waals surface area contributed by atoms with Gasteiger partial charge in [-0.05, 0) is 55.5 Å². The van der Waals surface area contributed by atoms with Gasteiger partial charge in [-0.25, -0.2) is 4.98 Å². The van der Waals surface area contributed by atoms with Crippen molar-refractivity contribution >= 4 is 46.6 Å². The first-order chi connectivity index (χ1) is 18.1. The Morgan fingerprint density at radius 3 is 2.54 bits per heavy atom. The summed E-state index contributed by atoms with van der Waals surface area (Å²) in [5.74, 6) is 1.32. The highest BCUT2D eigenvalue weighted by Gasteiger charge is 2.18. The van der Waals surface area contributed by atoms with Gasteiger partial charge >= 0.3 is 0 Å². The fourth-order valence-corrected chi connectivity index (χ4v) is 4.25. The Morgan fingerprint density at radius 2 is 1.78 bits per heavy atom. The van der Waals surface area contributed by atoms with Crippen LogP contribution in [0.5, 0.6) is 5.75 Å². The van der Waals surface area contributed by atoms with Crippen LogP contribution in [0.25, 0.3) is 0 Å². The van der Waals surface area contributed by atoms with Crippen LogP contribution >= 0.6 is 0 Å². The van der Waals surface area contributed by atoms with Crippen LogP contribution in [0.2, 0.25) is 0 Å². The molecule has 0 atom stereocenters. The average molecular weight is 501 g/mol. The fraction of sp³-hybridized carbons (Fsp3) is 0.259. The largest absolute Gasteiger partial charge is 0.490 e. The number of carbonyl (C=O) groups is 2. The van der Waals surface area contributed by atoms with Crippen LogP contribution in [0.1, 0.15) is 17.3 Å². The molecule has 1 aromatic heterocycles. The molecular weight excluding hydrogens is 472 g/mol. The molecule has 190 valence electrons.